The Morgan fingerprint density at radius 1 is 0.882 bits per heavy atom. The van der Waals surface area contributed by atoms with E-state index in [9.17, 15) is 14.4 Å². The molecule has 0 aromatic heterocycles. The van der Waals surface area contributed by atoms with Gasteiger partial charge < -0.3 is 24.6 Å². The number of aliphatic hydroxyl groups is 1. The second-order valence-electron chi connectivity index (χ2n) is 7.06. The van der Waals surface area contributed by atoms with Crippen LogP contribution in [0.5, 0.6) is 0 Å². The lowest BCUT2D eigenvalue weighted by molar-refractivity contribution is -0.140. The summed E-state index contributed by atoms with van der Waals surface area (Å²) in [7, 11) is 3.85. The van der Waals surface area contributed by atoms with Gasteiger partial charge in [-0.1, -0.05) is 62.7 Å². The summed E-state index contributed by atoms with van der Waals surface area (Å²) in [6.07, 6.45) is 1.83. The number of benzene rings is 1. The van der Waals surface area contributed by atoms with Gasteiger partial charge in [-0.15, -0.1) is 0 Å². The predicted molar refractivity (Wildman–Crippen MR) is 136 cm³/mol. The topological polar surface area (TPSA) is 113 Å². The maximum Gasteiger partial charge on any atom is 0.333 e. The molecular weight excluding hydrogens is 438 g/mol. The monoisotopic (exact) mass is 477 g/mol. The van der Waals surface area contributed by atoms with Gasteiger partial charge in [0.2, 0.25) is 0 Å². The molecule has 0 bridgehead atoms. The molecule has 8 heteroatoms. The molecule has 190 valence electrons. The first-order valence-electron chi connectivity index (χ1n) is 10.3. The quantitative estimate of drug-likeness (QED) is 0.408. The van der Waals surface area contributed by atoms with Crippen LogP contribution in [0.2, 0.25) is 0 Å². The fraction of sp³-hybridized carbons (Fsp3) is 0.346. The minimum absolute atomic E-state index is 0.0473. The number of hydrogen-bond acceptors (Lipinski definition) is 7. The molecule has 1 rings (SSSR count). The molecule has 0 atom stereocenters. The molecule has 0 unspecified atom stereocenters. The summed E-state index contributed by atoms with van der Waals surface area (Å²) in [5.74, 6) is -1.70. The molecule has 0 radical (unpaired) electrons. The van der Waals surface area contributed by atoms with E-state index < -0.39 is 11.9 Å². The molecule has 0 saturated carbocycles. The fourth-order valence-electron chi connectivity index (χ4n) is 1.29. The zero-order chi connectivity index (χ0) is 27.1. The maximum absolute atomic E-state index is 10.8. The largest absolute Gasteiger partial charge is 0.478 e. The van der Waals surface area contributed by atoms with Gasteiger partial charge in [0.05, 0.1) is 6.61 Å². The summed E-state index contributed by atoms with van der Waals surface area (Å²) < 4.78 is 9.30. The Morgan fingerprint density at radius 2 is 1.29 bits per heavy atom. The van der Waals surface area contributed by atoms with Crippen molar-refractivity contribution in [2.45, 2.75) is 20.8 Å². The Morgan fingerprint density at radius 3 is 1.56 bits per heavy atom. The third-order valence-electron chi connectivity index (χ3n) is 3.19. The van der Waals surface area contributed by atoms with Crippen LogP contribution in [0.15, 0.2) is 73.4 Å². The molecule has 0 heterocycles. The molecule has 1 aromatic rings. The van der Waals surface area contributed by atoms with Crippen molar-refractivity contribution in [1.29, 1.82) is 0 Å². The molecule has 0 aliphatic carbocycles. The van der Waals surface area contributed by atoms with E-state index >= 15 is 0 Å². The van der Waals surface area contributed by atoms with E-state index in [0.717, 1.165) is 6.54 Å². The zero-order valence-corrected chi connectivity index (χ0v) is 21.0. The average molecular weight is 478 g/mol. The van der Waals surface area contributed by atoms with Gasteiger partial charge >= 0.3 is 17.9 Å². The number of carboxylic acids is 1. The highest BCUT2D eigenvalue weighted by atomic mass is 16.5. The normalized spacial score (nSPS) is 8.79. The van der Waals surface area contributed by atoms with Crippen molar-refractivity contribution in [2.75, 3.05) is 40.5 Å². The molecule has 0 aliphatic heterocycles. The van der Waals surface area contributed by atoms with E-state index in [1.807, 2.05) is 55.4 Å². The van der Waals surface area contributed by atoms with Crippen LogP contribution in [0.3, 0.4) is 0 Å². The van der Waals surface area contributed by atoms with E-state index in [4.69, 9.17) is 14.9 Å². The summed E-state index contributed by atoms with van der Waals surface area (Å²) in [5.41, 5.74) is 2.15. The van der Waals surface area contributed by atoms with Crippen molar-refractivity contribution in [3.05, 3.63) is 78.9 Å². The number of carbonyl (C=O) groups is 3. The Hall–Kier alpha value is -3.49. The number of hydrogen-bond donors (Lipinski definition) is 2. The molecule has 0 saturated heterocycles. The summed E-state index contributed by atoms with van der Waals surface area (Å²) >= 11 is 0. The summed E-state index contributed by atoms with van der Waals surface area (Å²) in [5, 5.41) is 16.1. The van der Waals surface area contributed by atoms with Crippen LogP contribution >= 0.6 is 0 Å². The number of likely N-dealkylation sites (N-methyl/N-ethyl adjacent to an activating group) is 1. The van der Waals surface area contributed by atoms with E-state index in [0.29, 0.717) is 17.8 Å². The molecule has 0 fully saturated rings. The van der Waals surface area contributed by atoms with Gasteiger partial charge in [-0.2, -0.15) is 0 Å². The number of aliphatic carboxylic acids is 1. The highest BCUT2D eigenvalue weighted by molar-refractivity contribution is 5.87. The number of ether oxygens (including phenoxy) is 2. The molecule has 0 aliphatic rings. The number of aliphatic hydroxyl groups excluding tert-OH is 1. The number of carbonyl (C=O) groups excluding carboxylic acids is 2. The van der Waals surface area contributed by atoms with Gasteiger partial charge in [-0.05, 0) is 40.4 Å². The highest BCUT2D eigenvalue weighted by Gasteiger charge is 2.01. The molecule has 0 spiro atoms. The van der Waals surface area contributed by atoms with Crippen molar-refractivity contribution in [2.24, 2.45) is 0 Å². The van der Waals surface area contributed by atoms with Crippen molar-refractivity contribution >= 4 is 24.0 Å². The van der Waals surface area contributed by atoms with Crippen molar-refractivity contribution in [3.63, 3.8) is 0 Å². The summed E-state index contributed by atoms with van der Waals surface area (Å²) in [4.78, 5) is 32.8. The summed E-state index contributed by atoms with van der Waals surface area (Å²) in [6.45, 7) is 19.3. The van der Waals surface area contributed by atoms with Gasteiger partial charge in [0.1, 0.15) is 13.2 Å². The Labute approximate surface area is 203 Å². The highest BCUT2D eigenvalue weighted by Crippen LogP contribution is 1.97. The van der Waals surface area contributed by atoms with Crippen LogP contribution in [0.1, 0.15) is 26.3 Å². The minimum Gasteiger partial charge on any atom is -0.478 e. The zero-order valence-electron chi connectivity index (χ0n) is 21.0. The lowest BCUT2D eigenvalue weighted by atomic mass is 10.2. The second-order valence-corrected chi connectivity index (χ2v) is 7.06. The standard InChI is InChI=1S/C8H15NO2.C8H8.C6H10O3.C4H6O2/c1-7(2)8(10)11-6-5-9(3)4;1-2-8-6-4-3-5-7-8;1-5(2)6(8)9-4-3-7;1-3(2)4(5)6/h1,5-6H2,2-4H3;2-7H,1H2;7H,1,3-4H2,2H3;1H2,2H3,(H,5,6). The Kier molecular flexibility index (Phi) is 23.4. The van der Waals surface area contributed by atoms with Crippen LogP contribution in [-0.2, 0) is 23.9 Å². The first kappa shape index (κ1) is 35.1. The first-order chi connectivity index (χ1) is 15.8. The SMILES string of the molecule is C=C(C)C(=O)O.C=C(C)C(=O)OCCN(C)C.C=C(C)C(=O)OCCO.C=Cc1ccccc1. The van der Waals surface area contributed by atoms with Gasteiger partial charge in [0.15, 0.2) is 0 Å². The van der Waals surface area contributed by atoms with E-state index in [-0.39, 0.29) is 24.8 Å². The Bertz CT molecular complexity index is 772. The molecule has 0 amide bonds. The minimum atomic E-state index is -0.935. The van der Waals surface area contributed by atoms with Crippen LogP contribution in [0.25, 0.3) is 6.08 Å². The smallest absolute Gasteiger partial charge is 0.333 e. The first-order valence-corrected chi connectivity index (χ1v) is 10.3. The van der Waals surface area contributed by atoms with Crippen molar-refractivity contribution < 1.29 is 34.1 Å². The number of carboxylic acid groups (broad SMARTS) is 1. The predicted octanol–water partition coefficient (Wildman–Crippen LogP) is 3.74. The third kappa shape index (κ3) is 26.5. The van der Waals surface area contributed by atoms with Crippen LogP contribution in [-0.4, -0.2) is 73.5 Å². The van der Waals surface area contributed by atoms with Crippen molar-refractivity contribution in [1.82, 2.24) is 4.90 Å². The van der Waals surface area contributed by atoms with Gasteiger partial charge in [0, 0.05) is 23.3 Å². The van der Waals surface area contributed by atoms with Crippen LogP contribution in [0.4, 0.5) is 0 Å². The molecule has 1 aromatic carbocycles. The van der Waals surface area contributed by atoms with Gasteiger partial charge in [0.25, 0.3) is 0 Å². The molecule has 34 heavy (non-hydrogen) atoms. The fourth-order valence-corrected chi connectivity index (χ4v) is 1.29. The summed E-state index contributed by atoms with van der Waals surface area (Å²) in [6, 6.07) is 10.0. The number of nitrogens with zero attached hydrogens (tertiary/aromatic N) is 1. The average Bonchev–Trinajstić information content (AvgIpc) is 2.78. The van der Waals surface area contributed by atoms with E-state index in [1.54, 1.807) is 13.8 Å². The number of esters is 2. The second kappa shape index (κ2) is 22.7. The lowest BCUT2D eigenvalue weighted by Crippen LogP contribution is -2.20. The third-order valence-corrected chi connectivity index (χ3v) is 3.19. The number of rotatable bonds is 9. The van der Waals surface area contributed by atoms with Crippen molar-refractivity contribution in [3.8, 4) is 0 Å². The van der Waals surface area contributed by atoms with E-state index in [1.165, 1.54) is 12.5 Å². The maximum atomic E-state index is 10.8. The molecule has 8 nitrogen and oxygen atoms in total. The Balaban J connectivity index is -0.000000385. The molecular formula is C26H39NO7. The van der Waals surface area contributed by atoms with Gasteiger partial charge in [-0.3, -0.25) is 0 Å². The lowest BCUT2D eigenvalue weighted by Gasteiger charge is -2.09. The van der Waals surface area contributed by atoms with Crippen LogP contribution < -0.4 is 0 Å². The molecule has 2 N–H and O–H groups in total. The van der Waals surface area contributed by atoms with E-state index in [2.05, 4.69) is 31.1 Å². The van der Waals surface area contributed by atoms with Gasteiger partial charge in [-0.25, -0.2) is 14.4 Å². The van der Waals surface area contributed by atoms with Crippen LogP contribution in [0, 0.1) is 0 Å².